The summed E-state index contributed by atoms with van der Waals surface area (Å²) in [4.78, 5) is 0. The van der Waals surface area contributed by atoms with Crippen molar-refractivity contribution < 1.29 is 8.85 Å². The van der Waals surface area contributed by atoms with Crippen molar-refractivity contribution in [2.75, 3.05) is 0 Å². The van der Waals surface area contributed by atoms with Crippen molar-refractivity contribution in [1.29, 1.82) is 0 Å². The fraction of sp³-hybridized carbons (Fsp3) is 1.00. The van der Waals surface area contributed by atoms with Gasteiger partial charge < -0.3 is 8.85 Å². The van der Waals surface area contributed by atoms with Crippen molar-refractivity contribution in [1.82, 2.24) is 0 Å². The van der Waals surface area contributed by atoms with Crippen LogP contribution >= 0.6 is 0 Å². The molecule has 0 aromatic carbocycles. The maximum Gasteiger partial charge on any atom is 0.161 e. The van der Waals surface area contributed by atoms with Gasteiger partial charge in [-0.3, -0.25) is 0 Å². The average Bonchev–Trinajstić information content (AvgIpc) is 2.61. The Labute approximate surface area is 157 Å². The summed E-state index contributed by atoms with van der Waals surface area (Å²) in [6, 6.07) is 2.73. The number of unbranched alkanes of at least 4 members (excludes halogenated alkanes) is 5. The van der Waals surface area contributed by atoms with Gasteiger partial charge in [-0.05, 0) is 37.8 Å². The van der Waals surface area contributed by atoms with Crippen molar-refractivity contribution in [3.63, 3.8) is 0 Å². The van der Waals surface area contributed by atoms with E-state index >= 15 is 0 Å². The van der Waals surface area contributed by atoms with Crippen LogP contribution in [0.4, 0.5) is 0 Å². The van der Waals surface area contributed by atoms with Crippen LogP contribution in [0.15, 0.2) is 0 Å². The van der Waals surface area contributed by atoms with Crippen LogP contribution in [-0.2, 0) is 8.85 Å². The Kier molecular flexibility index (Phi) is 20.0. The normalized spacial score (nSPS) is 15.0. The highest BCUT2D eigenvalue weighted by molar-refractivity contribution is 6.27. The highest BCUT2D eigenvalue weighted by atomic mass is 28.2. The van der Waals surface area contributed by atoms with Crippen LogP contribution < -0.4 is 0 Å². The average molecular weight is 375 g/mol. The maximum absolute atomic E-state index is 6.17. The molecule has 0 rings (SSSR count). The van der Waals surface area contributed by atoms with Crippen LogP contribution in [0.3, 0.4) is 0 Å². The molecule has 2 atom stereocenters. The maximum atomic E-state index is 6.17. The Hall–Kier alpha value is 0.354. The summed E-state index contributed by atoms with van der Waals surface area (Å²) in [5.74, 6) is 0. The summed E-state index contributed by atoms with van der Waals surface area (Å²) in [6.07, 6.45) is 16.9. The summed E-state index contributed by atoms with van der Waals surface area (Å²) < 4.78 is 12.3. The lowest BCUT2D eigenvalue weighted by molar-refractivity contribution is 0.190. The van der Waals surface area contributed by atoms with E-state index < -0.39 is 0 Å². The van der Waals surface area contributed by atoms with Gasteiger partial charge in [0.05, 0.1) is 0 Å². The summed E-state index contributed by atoms with van der Waals surface area (Å²) in [6.45, 7) is 9.10. The molecule has 0 aliphatic rings. The van der Waals surface area contributed by atoms with Crippen molar-refractivity contribution >= 4 is 19.5 Å². The monoisotopic (exact) mass is 374 g/mol. The van der Waals surface area contributed by atoms with Crippen molar-refractivity contribution in [2.24, 2.45) is 0 Å². The summed E-state index contributed by atoms with van der Waals surface area (Å²) in [5.41, 5.74) is 0. The molecule has 0 saturated heterocycles. The Balaban J connectivity index is 3.42. The highest BCUT2D eigenvalue weighted by Gasteiger charge is 2.07. The summed E-state index contributed by atoms with van der Waals surface area (Å²) in [5, 5.41) is 0. The zero-order valence-corrected chi connectivity index (χ0v) is 20.1. The highest BCUT2D eigenvalue weighted by Crippen LogP contribution is 2.12. The van der Waals surface area contributed by atoms with Crippen LogP contribution in [0.5, 0.6) is 0 Å². The first-order valence-electron chi connectivity index (χ1n) is 11.0. The van der Waals surface area contributed by atoms with E-state index in [1.54, 1.807) is 0 Å². The standard InChI is InChI=1S/C20H46O2Si2/c1-5-9-11-15-19(7-3)21-23-17-13-14-18-24-22-20(8-4)16-12-10-6-2/h19-20H,5-18,23-24H2,1-4H3. The molecule has 0 N–H and O–H groups in total. The second-order valence-corrected chi connectivity index (χ2v) is 10.1. The topological polar surface area (TPSA) is 18.5 Å². The van der Waals surface area contributed by atoms with Crippen LogP contribution in [0, 0.1) is 0 Å². The van der Waals surface area contributed by atoms with E-state index in [9.17, 15) is 0 Å². The van der Waals surface area contributed by atoms with Gasteiger partial charge in [-0.1, -0.05) is 79.1 Å². The number of hydrogen-bond donors (Lipinski definition) is 0. The SMILES string of the molecule is CCCCCC(CC)O[SiH2]CCCC[SiH2]OC(CC)CCCCC. The zero-order valence-electron chi connectivity index (χ0n) is 17.3. The largest absolute Gasteiger partial charge is 0.421 e. The fourth-order valence-electron chi connectivity index (χ4n) is 3.11. The minimum absolute atomic E-state index is 0.275. The number of hydrogen-bond acceptors (Lipinski definition) is 2. The Morgan fingerprint density at radius 3 is 1.33 bits per heavy atom. The van der Waals surface area contributed by atoms with Gasteiger partial charge in [-0.15, -0.1) is 0 Å². The van der Waals surface area contributed by atoms with Gasteiger partial charge in [0, 0.05) is 12.2 Å². The Morgan fingerprint density at radius 2 is 1.00 bits per heavy atom. The molecule has 0 amide bonds. The van der Waals surface area contributed by atoms with E-state index in [0.29, 0.717) is 12.2 Å². The first kappa shape index (κ1) is 24.4. The van der Waals surface area contributed by atoms with E-state index in [1.807, 2.05) is 0 Å². The molecule has 0 bridgehead atoms. The van der Waals surface area contributed by atoms with E-state index in [2.05, 4.69) is 27.7 Å². The second-order valence-electron chi connectivity index (χ2n) is 7.21. The lowest BCUT2D eigenvalue weighted by atomic mass is 10.1. The molecule has 2 unspecified atom stereocenters. The van der Waals surface area contributed by atoms with Crippen LogP contribution in [0.1, 0.15) is 105 Å². The Bertz CT molecular complexity index is 216. The third-order valence-electron chi connectivity index (χ3n) is 4.92. The van der Waals surface area contributed by atoms with Gasteiger partial charge in [0.1, 0.15) is 0 Å². The molecule has 0 heterocycles. The van der Waals surface area contributed by atoms with Crippen LogP contribution in [-0.4, -0.2) is 31.7 Å². The predicted octanol–water partition coefficient (Wildman–Crippen LogP) is 5.52. The Morgan fingerprint density at radius 1 is 0.583 bits per heavy atom. The molecule has 4 heteroatoms. The van der Waals surface area contributed by atoms with Gasteiger partial charge in [0.15, 0.2) is 19.5 Å². The quantitative estimate of drug-likeness (QED) is 0.219. The van der Waals surface area contributed by atoms with Gasteiger partial charge >= 0.3 is 0 Å². The molecular weight excluding hydrogens is 328 g/mol. The van der Waals surface area contributed by atoms with Gasteiger partial charge in [0.25, 0.3) is 0 Å². The molecule has 0 saturated carbocycles. The molecule has 2 nitrogen and oxygen atoms in total. The minimum atomic E-state index is -0.275. The van der Waals surface area contributed by atoms with Gasteiger partial charge in [0.2, 0.25) is 0 Å². The number of rotatable bonds is 19. The van der Waals surface area contributed by atoms with Crippen LogP contribution in [0.25, 0.3) is 0 Å². The van der Waals surface area contributed by atoms with Crippen molar-refractivity contribution in [3.05, 3.63) is 0 Å². The molecule has 0 spiro atoms. The van der Waals surface area contributed by atoms with E-state index in [4.69, 9.17) is 8.85 Å². The van der Waals surface area contributed by atoms with Crippen molar-refractivity contribution in [2.45, 2.75) is 129 Å². The van der Waals surface area contributed by atoms with Gasteiger partial charge in [-0.25, -0.2) is 0 Å². The molecule has 0 radical (unpaired) electrons. The predicted molar refractivity (Wildman–Crippen MR) is 115 cm³/mol. The minimum Gasteiger partial charge on any atom is -0.421 e. The molecule has 0 aromatic heterocycles. The molecular formula is C20H46O2Si2. The lowest BCUT2D eigenvalue weighted by Crippen LogP contribution is -2.15. The van der Waals surface area contributed by atoms with E-state index in [0.717, 1.165) is 0 Å². The van der Waals surface area contributed by atoms with Crippen LogP contribution in [0.2, 0.25) is 12.1 Å². The molecule has 24 heavy (non-hydrogen) atoms. The first-order valence-corrected chi connectivity index (χ1v) is 14.2. The lowest BCUT2D eigenvalue weighted by Gasteiger charge is -2.17. The molecule has 0 aliphatic heterocycles. The molecule has 0 fully saturated rings. The van der Waals surface area contributed by atoms with Crippen molar-refractivity contribution in [3.8, 4) is 0 Å². The smallest absolute Gasteiger partial charge is 0.161 e. The molecule has 0 aliphatic carbocycles. The third-order valence-corrected chi connectivity index (χ3v) is 7.91. The van der Waals surface area contributed by atoms with Gasteiger partial charge in [-0.2, -0.15) is 0 Å². The first-order chi connectivity index (χ1) is 11.8. The summed E-state index contributed by atoms with van der Waals surface area (Å²) >= 11 is 0. The molecule has 146 valence electrons. The fourth-order valence-corrected chi connectivity index (χ4v) is 6.03. The third kappa shape index (κ3) is 15.9. The van der Waals surface area contributed by atoms with E-state index in [1.165, 1.54) is 89.1 Å². The zero-order chi connectivity index (χ0) is 17.9. The van der Waals surface area contributed by atoms with E-state index in [-0.39, 0.29) is 19.5 Å². The second kappa shape index (κ2) is 19.7. The summed E-state index contributed by atoms with van der Waals surface area (Å²) in [7, 11) is -0.550. The molecule has 0 aromatic rings.